The lowest BCUT2D eigenvalue weighted by Gasteiger charge is -2.22. The van der Waals surface area contributed by atoms with E-state index in [0.29, 0.717) is 5.75 Å². The standard InChI is InChI=1S/C17H18ClFN2O4S/c1-25-14-6-3-12(4-7-14)10-20-17(22)11-21(26(2,23)24)13-5-8-16(19)15(18)9-13/h3-9H,10-11H2,1-2H3,(H,20,22). The maximum Gasteiger partial charge on any atom is 0.241 e. The molecule has 0 bridgehead atoms. The predicted octanol–water partition coefficient (Wildman–Crippen LogP) is 2.57. The lowest BCUT2D eigenvalue weighted by molar-refractivity contribution is -0.119. The molecule has 0 saturated carbocycles. The number of amides is 1. The lowest BCUT2D eigenvalue weighted by atomic mass is 10.2. The Morgan fingerprint density at radius 1 is 1.23 bits per heavy atom. The highest BCUT2D eigenvalue weighted by molar-refractivity contribution is 7.92. The summed E-state index contributed by atoms with van der Waals surface area (Å²) in [6.45, 7) is -0.221. The van der Waals surface area contributed by atoms with Crippen LogP contribution in [0.4, 0.5) is 10.1 Å². The zero-order chi connectivity index (χ0) is 19.3. The number of halogens is 2. The van der Waals surface area contributed by atoms with Gasteiger partial charge >= 0.3 is 0 Å². The number of carbonyl (C=O) groups is 1. The number of sulfonamides is 1. The van der Waals surface area contributed by atoms with Gasteiger partial charge in [0.15, 0.2) is 0 Å². The monoisotopic (exact) mass is 400 g/mol. The van der Waals surface area contributed by atoms with Crippen LogP contribution in [0.3, 0.4) is 0 Å². The number of hydrogen-bond acceptors (Lipinski definition) is 4. The van der Waals surface area contributed by atoms with Crippen LogP contribution in [0, 0.1) is 5.82 Å². The molecule has 0 unspecified atom stereocenters. The van der Waals surface area contributed by atoms with Crippen LogP contribution in [0.2, 0.25) is 5.02 Å². The fourth-order valence-corrected chi connectivity index (χ4v) is 3.19. The van der Waals surface area contributed by atoms with Gasteiger partial charge < -0.3 is 10.1 Å². The molecule has 0 aromatic heterocycles. The Morgan fingerprint density at radius 3 is 2.42 bits per heavy atom. The summed E-state index contributed by atoms with van der Waals surface area (Å²) in [6, 6.07) is 10.5. The molecule has 0 aliphatic rings. The van der Waals surface area contributed by atoms with Crippen molar-refractivity contribution in [1.82, 2.24) is 5.32 Å². The van der Waals surface area contributed by atoms with Crippen molar-refractivity contribution in [2.24, 2.45) is 0 Å². The normalized spacial score (nSPS) is 11.1. The van der Waals surface area contributed by atoms with Gasteiger partial charge in [0.25, 0.3) is 0 Å². The Balaban J connectivity index is 2.07. The lowest BCUT2D eigenvalue weighted by Crippen LogP contribution is -2.40. The first-order valence-electron chi connectivity index (χ1n) is 7.53. The van der Waals surface area contributed by atoms with Crippen LogP contribution in [-0.2, 0) is 21.4 Å². The zero-order valence-electron chi connectivity index (χ0n) is 14.2. The molecule has 0 aliphatic heterocycles. The summed E-state index contributed by atoms with van der Waals surface area (Å²) in [4.78, 5) is 12.2. The molecule has 2 rings (SSSR count). The number of anilines is 1. The van der Waals surface area contributed by atoms with E-state index in [9.17, 15) is 17.6 Å². The molecule has 0 spiro atoms. The summed E-state index contributed by atoms with van der Waals surface area (Å²) in [7, 11) is -2.21. The van der Waals surface area contributed by atoms with E-state index in [0.717, 1.165) is 28.3 Å². The molecule has 140 valence electrons. The molecule has 1 N–H and O–H groups in total. The Morgan fingerprint density at radius 2 is 1.88 bits per heavy atom. The van der Waals surface area contributed by atoms with Gasteiger partial charge in [-0.2, -0.15) is 0 Å². The highest BCUT2D eigenvalue weighted by Gasteiger charge is 2.21. The van der Waals surface area contributed by atoms with Crippen LogP contribution < -0.4 is 14.4 Å². The number of hydrogen-bond donors (Lipinski definition) is 1. The van der Waals surface area contributed by atoms with E-state index in [1.165, 1.54) is 6.07 Å². The van der Waals surface area contributed by atoms with Gasteiger partial charge in [-0.25, -0.2) is 12.8 Å². The van der Waals surface area contributed by atoms with Gasteiger partial charge in [-0.3, -0.25) is 9.10 Å². The number of benzene rings is 2. The summed E-state index contributed by atoms with van der Waals surface area (Å²) in [5, 5.41) is 2.41. The molecule has 6 nitrogen and oxygen atoms in total. The molecule has 2 aromatic rings. The third-order valence-electron chi connectivity index (χ3n) is 3.53. The predicted molar refractivity (Wildman–Crippen MR) is 98.4 cm³/mol. The highest BCUT2D eigenvalue weighted by atomic mass is 35.5. The zero-order valence-corrected chi connectivity index (χ0v) is 15.8. The number of carbonyl (C=O) groups excluding carboxylic acids is 1. The molecule has 26 heavy (non-hydrogen) atoms. The van der Waals surface area contributed by atoms with Gasteiger partial charge in [0.1, 0.15) is 18.1 Å². The van der Waals surface area contributed by atoms with E-state index >= 15 is 0 Å². The fraction of sp³-hybridized carbons (Fsp3) is 0.235. The van der Waals surface area contributed by atoms with E-state index in [-0.39, 0.29) is 17.3 Å². The Bertz CT molecular complexity index is 888. The first kappa shape index (κ1) is 20.0. The fourth-order valence-electron chi connectivity index (χ4n) is 2.17. The van der Waals surface area contributed by atoms with Crippen LogP contribution in [0.15, 0.2) is 42.5 Å². The molecule has 0 fully saturated rings. The van der Waals surface area contributed by atoms with Crippen molar-refractivity contribution in [3.05, 3.63) is 58.9 Å². The smallest absolute Gasteiger partial charge is 0.241 e. The number of nitrogens with one attached hydrogen (secondary N) is 1. The summed E-state index contributed by atoms with van der Waals surface area (Å²) >= 11 is 5.70. The minimum Gasteiger partial charge on any atom is -0.497 e. The first-order chi connectivity index (χ1) is 12.2. The second-order valence-electron chi connectivity index (χ2n) is 5.49. The van der Waals surface area contributed by atoms with E-state index in [2.05, 4.69) is 5.32 Å². The third-order valence-corrected chi connectivity index (χ3v) is 4.96. The summed E-state index contributed by atoms with van der Waals surface area (Å²) in [5.74, 6) is -0.490. The SMILES string of the molecule is COc1ccc(CNC(=O)CN(c2ccc(F)c(Cl)c2)S(C)(=O)=O)cc1. The van der Waals surface area contributed by atoms with Crippen molar-refractivity contribution in [3.8, 4) is 5.75 Å². The van der Waals surface area contributed by atoms with Gasteiger partial charge in [-0.15, -0.1) is 0 Å². The maximum atomic E-state index is 13.3. The highest BCUT2D eigenvalue weighted by Crippen LogP contribution is 2.24. The van der Waals surface area contributed by atoms with E-state index in [4.69, 9.17) is 16.3 Å². The molecular weight excluding hydrogens is 383 g/mol. The van der Waals surface area contributed by atoms with Gasteiger partial charge in [0.05, 0.1) is 24.1 Å². The van der Waals surface area contributed by atoms with Crippen molar-refractivity contribution in [3.63, 3.8) is 0 Å². The largest absolute Gasteiger partial charge is 0.497 e. The molecule has 9 heteroatoms. The molecule has 0 radical (unpaired) electrons. The topological polar surface area (TPSA) is 75.7 Å². The maximum absolute atomic E-state index is 13.3. The van der Waals surface area contributed by atoms with Gasteiger partial charge in [0, 0.05) is 6.54 Å². The number of ether oxygens (including phenoxy) is 1. The Kier molecular flexibility index (Phi) is 6.44. The number of rotatable bonds is 7. The number of methoxy groups -OCH3 is 1. The van der Waals surface area contributed by atoms with Crippen LogP contribution in [-0.4, -0.2) is 34.2 Å². The van der Waals surface area contributed by atoms with E-state index in [1.807, 2.05) is 0 Å². The second kappa shape index (κ2) is 8.37. The molecule has 0 saturated heterocycles. The van der Waals surface area contributed by atoms with E-state index in [1.54, 1.807) is 31.4 Å². The van der Waals surface area contributed by atoms with Crippen LogP contribution in [0.25, 0.3) is 0 Å². The van der Waals surface area contributed by atoms with Crippen molar-refractivity contribution >= 4 is 33.2 Å². The summed E-state index contributed by atoms with van der Waals surface area (Å²) in [5.41, 5.74) is 0.938. The third kappa shape index (κ3) is 5.34. The molecule has 1 amide bonds. The minimum atomic E-state index is -3.76. The van der Waals surface area contributed by atoms with Gasteiger partial charge in [-0.1, -0.05) is 23.7 Å². The molecule has 2 aromatic carbocycles. The van der Waals surface area contributed by atoms with Crippen molar-refractivity contribution in [2.75, 3.05) is 24.2 Å². The van der Waals surface area contributed by atoms with Gasteiger partial charge in [-0.05, 0) is 35.9 Å². The quantitative estimate of drug-likeness (QED) is 0.775. The van der Waals surface area contributed by atoms with Crippen molar-refractivity contribution in [1.29, 1.82) is 0 Å². The van der Waals surface area contributed by atoms with E-state index < -0.39 is 28.3 Å². The molecule has 0 aliphatic carbocycles. The first-order valence-corrected chi connectivity index (χ1v) is 9.75. The van der Waals surface area contributed by atoms with Crippen LogP contribution in [0.5, 0.6) is 5.75 Å². The summed E-state index contributed by atoms with van der Waals surface area (Å²) in [6.07, 6.45) is 0.959. The molecule has 0 heterocycles. The van der Waals surface area contributed by atoms with Gasteiger partial charge in [0.2, 0.25) is 15.9 Å². The summed E-state index contributed by atoms with van der Waals surface area (Å²) < 4.78 is 43.2. The minimum absolute atomic E-state index is 0.110. The van der Waals surface area contributed by atoms with Crippen molar-refractivity contribution in [2.45, 2.75) is 6.54 Å². The van der Waals surface area contributed by atoms with Crippen LogP contribution >= 0.6 is 11.6 Å². The second-order valence-corrected chi connectivity index (χ2v) is 7.81. The number of nitrogens with zero attached hydrogens (tertiary/aromatic N) is 1. The van der Waals surface area contributed by atoms with Crippen molar-refractivity contribution < 1.29 is 22.3 Å². The average molecular weight is 401 g/mol. The van der Waals surface area contributed by atoms with Crippen LogP contribution in [0.1, 0.15) is 5.56 Å². The average Bonchev–Trinajstić information content (AvgIpc) is 2.60. The Hall–Kier alpha value is -2.32. The Labute approximate surface area is 156 Å². The molecular formula is C17H18ClFN2O4S. The molecule has 0 atom stereocenters.